The molecule has 0 amide bonds. The normalized spacial score (nSPS) is 29.4. The highest BCUT2D eigenvalue weighted by Gasteiger charge is 2.23. The van der Waals surface area contributed by atoms with E-state index in [1.54, 1.807) is 0 Å². The molecule has 0 aromatic rings. The highest BCUT2D eigenvalue weighted by molar-refractivity contribution is 4.81. The van der Waals surface area contributed by atoms with E-state index >= 15 is 0 Å². The third-order valence-electron chi connectivity index (χ3n) is 2.74. The maximum atomic E-state index is 8.56. The lowest BCUT2D eigenvalue weighted by Gasteiger charge is -2.39. The van der Waals surface area contributed by atoms with Gasteiger partial charge < -0.3 is 15.2 Å². The predicted molar refractivity (Wildman–Crippen MR) is 56.4 cm³/mol. The first-order valence-corrected chi connectivity index (χ1v) is 5.40. The highest BCUT2D eigenvalue weighted by Crippen LogP contribution is 2.08. The lowest BCUT2D eigenvalue weighted by molar-refractivity contribution is 0.0426. The Balaban J connectivity index is 2.19. The molecular weight excluding hydrogens is 180 g/mol. The van der Waals surface area contributed by atoms with Crippen molar-refractivity contribution in [2.24, 2.45) is 0 Å². The summed E-state index contributed by atoms with van der Waals surface area (Å²) in [5.41, 5.74) is 0. The van der Waals surface area contributed by atoms with Crippen LogP contribution in [0.1, 0.15) is 13.8 Å². The third kappa shape index (κ3) is 3.53. The minimum atomic E-state index is 0.118. The summed E-state index contributed by atoms with van der Waals surface area (Å²) in [6.45, 7) is 8.83. The van der Waals surface area contributed by atoms with E-state index in [9.17, 15) is 0 Å². The molecule has 1 aliphatic heterocycles. The van der Waals surface area contributed by atoms with Crippen molar-refractivity contribution >= 4 is 0 Å². The molecule has 4 heteroatoms. The zero-order valence-electron chi connectivity index (χ0n) is 9.20. The fourth-order valence-corrected chi connectivity index (χ4v) is 1.95. The van der Waals surface area contributed by atoms with Crippen molar-refractivity contribution in [2.75, 3.05) is 39.5 Å². The van der Waals surface area contributed by atoms with Crippen LogP contribution in [0, 0.1) is 0 Å². The van der Waals surface area contributed by atoms with Crippen LogP contribution in [0.5, 0.6) is 0 Å². The van der Waals surface area contributed by atoms with Gasteiger partial charge in [-0.15, -0.1) is 0 Å². The number of piperazine rings is 1. The van der Waals surface area contributed by atoms with Crippen LogP contribution in [0.3, 0.4) is 0 Å². The van der Waals surface area contributed by atoms with Gasteiger partial charge in [0.05, 0.1) is 19.8 Å². The van der Waals surface area contributed by atoms with Gasteiger partial charge in [-0.3, -0.25) is 4.90 Å². The minimum absolute atomic E-state index is 0.118. The molecule has 0 aromatic carbocycles. The topological polar surface area (TPSA) is 44.7 Å². The molecule has 0 spiro atoms. The Bertz CT molecular complexity index is 145. The second-order valence-corrected chi connectivity index (χ2v) is 3.93. The minimum Gasteiger partial charge on any atom is -0.394 e. The van der Waals surface area contributed by atoms with Crippen molar-refractivity contribution in [3.63, 3.8) is 0 Å². The summed E-state index contributed by atoms with van der Waals surface area (Å²) in [6, 6.07) is 1.16. The lowest BCUT2D eigenvalue weighted by Crippen LogP contribution is -2.55. The smallest absolute Gasteiger partial charge is 0.0698 e. The summed E-state index contributed by atoms with van der Waals surface area (Å²) < 4.78 is 5.27. The van der Waals surface area contributed by atoms with Gasteiger partial charge in [0.15, 0.2) is 0 Å². The van der Waals surface area contributed by atoms with Crippen LogP contribution < -0.4 is 5.32 Å². The van der Waals surface area contributed by atoms with E-state index < -0.39 is 0 Å². The number of hydrogen-bond donors (Lipinski definition) is 2. The van der Waals surface area contributed by atoms with Crippen LogP contribution in [-0.4, -0.2) is 61.5 Å². The molecule has 2 atom stereocenters. The van der Waals surface area contributed by atoms with E-state index in [2.05, 4.69) is 24.1 Å². The maximum Gasteiger partial charge on any atom is 0.0698 e. The van der Waals surface area contributed by atoms with Gasteiger partial charge in [-0.25, -0.2) is 0 Å². The summed E-state index contributed by atoms with van der Waals surface area (Å²) >= 11 is 0. The van der Waals surface area contributed by atoms with Crippen LogP contribution in [0.2, 0.25) is 0 Å². The van der Waals surface area contributed by atoms with Crippen LogP contribution in [0.4, 0.5) is 0 Å². The number of ether oxygens (including phenoxy) is 1. The van der Waals surface area contributed by atoms with Crippen molar-refractivity contribution in [3.8, 4) is 0 Å². The van der Waals surface area contributed by atoms with Gasteiger partial charge in [0.25, 0.3) is 0 Å². The van der Waals surface area contributed by atoms with Crippen molar-refractivity contribution in [1.82, 2.24) is 10.2 Å². The molecule has 2 unspecified atom stereocenters. The van der Waals surface area contributed by atoms with E-state index in [0.717, 1.165) is 26.2 Å². The summed E-state index contributed by atoms with van der Waals surface area (Å²) in [4.78, 5) is 2.45. The Labute approximate surface area is 86.2 Å². The van der Waals surface area contributed by atoms with Gasteiger partial charge in [-0.1, -0.05) is 0 Å². The summed E-state index contributed by atoms with van der Waals surface area (Å²) in [6.07, 6.45) is 0. The number of aliphatic hydroxyl groups is 1. The summed E-state index contributed by atoms with van der Waals surface area (Å²) in [5.74, 6) is 0. The molecule has 2 N–H and O–H groups in total. The first kappa shape index (κ1) is 11.9. The lowest BCUT2D eigenvalue weighted by atomic mass is 10.1. The first-order valence-electron chi connectivity index (χ1n) is 5.40. The molecular formula is C10H22N2O2. The zero-order valence-corrected chi connectivity index (χ0v) is 9.20. The van der Waals surface area contributed by atoms with E-state index in [4.69, 9.17) is 9.84 Å². The fraction of sp³-hybridized carbons (Fsp3) is 1.00. The number of hydrogen-bond acceptors (Lipinski definition) is 4. The van der Waals surface area contributed by atoms with E-state index in [0.29, 0.717) is 18.7 Å². The number of nitrogens with one attached hydrogen (secondary N) is 1. The molecule has 0 aromatic heterocycles. The van der Waals surface area contributed by atoms with Gasteiger partial charge in [0.2, 0.25) is 0 Å². The second kappa shape index (κ2) is 6.35. The Morgan fingerprint density at radius 2 is 1.93 bits per heavy atom. The van der Waals surface area contributed by atoms with E-state index in [-0.39, 0.29) is 6.61 Å². The van der Waals surface area contributed by atoms with E-state index in [1.165, 1.54) is 0 Å². The van der Waals surface area contributed by atoms with Crippen molar-refractivity contribution in [1.29, 1.82) is 0 Å². The standard InChI is InChI=1S/C10H22N2O2/c1-9-7-11-8-10(2)12(9)3-5-14-6-4-13/h9-11,13H,3-8H2,1-2H3. The average Bonchev–Trinajstić information content (AvgIpc) is 2.16. The molecule has 1 saturated heterocycles. The molecule has 1 rings (SSSR count). The molecule has 0 radical (unpaired) electrons. The number of rotatable bonds is 5. The Hall–Kier alpha value is -0.160. The third-order valence-corrected chi connectivity index (χ3v) is 2.74. The Morgan fingerprint density at radius 1 is 1.29 bits per heavy atom. The monoisotopic (exact) mass is 202 g/mol. The van der Waals surface area contributed by atoms with E-state index in [1.807, 2.05) is 0 Å². The Morgan fingerprint density at radius 3 is 2.50 bits per heavy atom. The van der Waals surface area contributed by atoms with Gasteiger partial charge in [0, 0.05) is 31.7 Å². The average molecular weight is 202 g/mol. The molecule has 0 saturated carbocycles. The van der Waals surface area contributed by atoms with Crippen LogP contribution in [0.25, 0.3) is 0 Å². The van der Waals surface area contributed by atoms with Gasteiger partial charge in [-0.05, 0) is 13.8 Å². The van der Waals surface area contributed by atoms with Crippen molar-refractivity contribution in [3.05, 3.63) is 0 Å². The molecule has 0 bridgehead atoms. The van der Waals surface area contributed by atoms with Crippen LogP contribution >= 0.6 is 0 Å². The second-order valence-electron chi connectivity index (χ2n) is 3.93. The van der Waals surface area contributed by atoms with Crippen LogP contribution in [0.15, 0.2) is 0 Å². The molecule has 1 heterocycles. The molecule has 4 nitrogen and oxygen atoms in total. The highest BCUT2D eigenvalue weighted by atomic mass is 16.5. The maximum absolute atomic E-state index is 8.56. The van der Waals surface area contributed by atoms with Crippen molar-refractivity contribution in [2.45, 2.75) is 25.9 Å². The van der Waals surface area contributed by atoms with Gasteiger partial charge in [-0.2, -0.15) is 0 Å². The Kier molecular flexibility index (Phi) is 5.40. The largest absolute Gasteiger partial charge is 0.394 e. The van der Waals surface area contributed by atoms with Gasteiger partial charge >= 0.3 is 0 Å². The SMILES string of the molecule is CC1CNCC(C)N1CCOCCO. The zero-order chi connectivity index (χ0) is 10.4. The molecule has 1 aliphatic rings. The first-order chi connectivity index (χ1) is 6.75. The van der Waals surface area contributed by atoms with Crippen LogP contribution in [-0.2, 0) is 4.74 Å². The predicted octanol–water partition coefficient (Wildman–Crippen LogP) is -0.322. The number of aliphatic hydroxyl groups excluding tert-OH is 1. The quantitative estimate of drug-likeness (QED) is 0.600. The molecule has 0 aliphatic carbocycles. The molecule has 84 valence electrons. The van der Waals surface area contributed by atoms with Gasteiger partial charge in [0.1, 0.15) is 0 Å². The van der Waals surface area contributed by atoms with Crippen molar-refractivity contribution < 1.29 is 9.84 Å². The summed E-state index contributed by atoms with van der Waals surface area (Å²) in [5, 5.41) is 12.0. The molecule has 1 fully saturated rings. The molecule has 14 heavy (non-hydrogen) atoms. The number of nitrogens with zero attached hydrogens (tertiary/aromatic N) is 1. The summed E-state index contributed by atoms with van der Waals surface area (Å²) in [7, 11) is 0. The fourth-order valence-electron chi connectivity index (χ4n) is 1.95.